The summed E-state index contributed by atoms with van der Waals surface area (Å²) in [5.41, 5.74) is 1.93. The van der Waals surface area contributed by atoms with Gasteiger partial charge in [-0.2, -0.15) is 0 Å². The van der Waals surface area contributed by atoms with Crippen molar-refractivity contribution in [3.8, 4) is 5.75 Å². The molecule has 3 rings (SSSR count). The molecule has 1 N–H and O–H groups in total. The van der Waals surface area contributed by atoms with E-state index in [1.165, 1.54) is 18.4 Å². The maximum Gasteiger partial charge on any atom is 0.225 e. The van der Waals surface area contributed by atoms with E-state index in [1.54, 1.807) is 13.3 Å². The molecule has 2 aromatic rings. The van der Waals surface area contributed by atoms with Gasteiger partial charge in [-0.05, 0) is 70.4 Å². The smallest absolute Gasteiger partial charge is 0.225 e. The van der Waals surface area contributed by atoms with Gasteiger partial charge in [0.1, 0.15) is 10.4 Å². The Hall–Kier alpha value is -1.88. The van der Waals surface area contributed by atoms with Crippen LogP contribution in [0.3, 0.4) is 0 Å². The molecule has 4 nitrogen and oxygen atoms in total. The van der Waals surface area contributed by atoms with E-state index in [-0.39, 0.29) is 11.8 Å². The number of carbonyl (C=O) groups is 1. The van der Waals surface area contributed by atoms with E-state index in [2.05, 4.69) is 38.4 Å². The Labute approximate surface area is 144 Å². The van der Waals surface area contributed by atoms with E-state index in [1.807, 2.05) is 24.3 Å². The molecule has 0 bridgehead atoms. The van der Waals surface area contributed by atoms with Gasteiger partial charge in [0.25, 0.3) is 0 Å². The van der Waals surface area contributed by atoms with Crippen molar-refractivity contribution in [2.24, 2.45) is 5.92 Å². The fourth-order valence-electron chi connectivity index (χ4n) is 2.77. The molecule has 1 aliphatic carbocycles. The predicted molar refractivity (Wildman–Crippen MR) is 93.6 cm³/mol. The first-order valence-corrected chi connectivity index (χ1v) is 8.50. The van der Waals surface area contributed by atoms with Crippen LogP contribution in [-0.2, 0) is 4.79 Å². The quantitative estimate of drug-likeness (QED) is 0.763. The van der Waals surface area contributed by atoms with Gasteiger partial charge in [-0.3, -0.25) is 4.79 Å². The topological polar surface area (TPSA) is 51.2 Å². The lowest BCUT2D eigenvalue weighted by Crippen LogP contribution is -2.17. The van der Waals surface area contributed by atoms with Crippen LogP contribution in [0.5, 0.6) is 5.75 Å². The molecule has 1 atom stereocenters. The number of nitrogens with zero attached hydrogens (tertiary/aromatic N) is 1. The highest BCUT2D eigenvalue weighted by Crippen LogP contribution is 2.44. The highest BCUT2D eigenvalue weighted by molar-refractivity contribution is 9.10. The highest BCUT2D eigenvalue weighted by Gasteiger charge is 2.33. The summed E-state index contributed by atoms with van der Waals surface area (Å²) in [6.07, 6.45) is 4.54. The van der Waals surface area contributed by atoms with Gasteiger partial charge in [0, 0.05) is 6.42 Å². The lowest BCUT2D eigenvalue weighted by Gasteiger charge is -2.17. The van der Waals surface area contributed by atoms with Crippen molar-refractivity contribution >= 4 is 27.5 Å². The number of aromatic nitrogens is 1. The van der Waals surface area contributed by atoms with E-state index in [0.29, 0.717) is 12.3 Å². The molecule has 0 aliphatic heterocycles. The van der Waals surface area contributed by atoms with Gasteiger partial charge in [0.05, 0.1) is 19.0 Å². The van der Waals surface area contributed by atoms with E-state index >= 15 is 0 Å². The second kappa shape index (κ2) is 7.13. The third-order valence-corrected chi connectivity index (χ3v) is 4.62. The van der Waals surface area contributed by atoms with Crippen LogP contribution in [0, 0.1) is 5.92 Å². The standard InChI is InChI=1S/C18H19BrN2O2/c1-23-15-7-4-13(5-8-15)16(12-2-3-12)10-18(22)21-14-6-9-17(19)20-11-14/h4-9,11-12,16H,2-3,10H2,1H3,(H,21,22). The van der Waals surface area contributed by atoms with Crippen LogP contribution >= 0.6 is 15.9 Å². The summed E-state index contributed by atoms with van der Waals surface area (Å²) in [6.45, 7) is 0. The molecule has 120 valence electrons. The molecule has 23 heavy (non-hydrogen) atoms. The van der Waals surface area contributed by atoms with Crippen LogP contribution in [0.15, 0.2) is 47.2 Å². The third-order valence-electron chi connectivity index (χ3n) is 4.15. The molecular formula is C18H19BrN2O2. The molecule has 1 fully saturated rings. The zero-order chi connectivity index (χ0) is 16.2. The number of hydrogen-bond donors (Lipinski definition) is 1. The molecule has 0 radical (unpaired) electrons. The summed E-state index contributed by atoms with van der Waals surface area (Å²) >= 11 is 3.29. The molecule has 1 aromatic carbocycles. The number of halogens is 1. The van der Waals surface area contributed by atoms with Gasteiger partial charge in [-0.1, -0.05) is 12.1 Å². The highest BCUT2D eigenvalue weighted by atomic mass is 79.9. The van der Waals surface area contributed by atoms with Crippen LogP contribution in [-0.4, -0.2) is 18.0 Å². The van der Waals surface area contributed by atoms with Crippen molar-refractivity contribution in [1.82, 2.24) is 4.98 Å². The Kier molecular flexibility index (Phi) is 4.96. The van der Waals surface area contributed by atoms with Crippen molar-refractivity contribution in [2.45, 2.75) is 25.2 Å². The minimum atomic E-state index is 0.0295. The molecule has 1 aliphatic rings. The summed E-state index contributed by atoms with van der Waals surface area (Å²) < 4.78 is 5.96. The van der Waals surface area contributed by atoms with Crippen molar-refractivity contribution < 1.29 is 9.53 Å². The maximum atomic E-state index is 12.4. The van der Waals surface area contributed by atoms with Crippen LogP contribution in [0.1, 0.15) is 30.7 Å². The number of amides is 1. The third kappa shape index (κ3) is 4.32. The summed E-state index contributed by atoms with van der Waals surface area (Å²) in [5.74, 6) is 1.75. The summed E-state index contributed by atoms with van der Waals surface area (Å²) in [6, 6.07) is 11.7. The number of ether oxygens (including phenoxy) is 1. The van der Waals surface area contributed by atoms with E-state index in [4.69, 9.17) is 4.74 Å². The zero-order valence-corrected chi connectivity index (χ0v) is 14.5. The fourth-order valence-corrected chi connectivity index (χ4v) is 3.00. The minimum absolute atomic E-state index is 0.0295. The predicted octanol–water partition coefficient (Wildman–Crippen LogP) is 4.38. The first-order valence-electron chi connectivity index (χ1n) is 7.71. The number of benzene rings is 1. The van der Waals surface area contributed by atoms with Crippen molar-refractivity contribution in [3.63, 3.8) is 0 Å². The van der Waals surface area contributed by atoms with Crippen LogP contribution in [0.2, 0.25) is 0 Å². The second-order valence-electron chi connectivity index (χ2n) is 5.84. The number of pyridine rings is 1. The van der Waals surface area contributed by atoms with Gasteiger partial charge in [-0.25, -0.2) is 4.98 Å². The number of carbonyl (C=O) groups excluding carboxylic acids is 1. The summed E-state index contributed by atoms with van der Waals surface area (Å²) in [7, 11) is 1.66. The van der Waals surface area contributed by atoms with Crippen molar-refractivity contribution in [1.29, 1.82) is 0 Å². The normalized spacial score (nSPS) is 15.0. The molecule has 0 saturated heterocycles. The molecular weight excluding hydrogens is 356 g/mol. The molecule has 1 aromatic heterocycles. The summed E-state index contributed by atoms with van der Waals surface area (Å²) in [4.78, 5) is 16.5. The van der Waals surface area contributed by atoms with Gasteiger partial charge < -0.3 is 10.1 Å². The number of rotatable bonds is 6. The molecule has 1 amide bonds. The fraction of sp³-hybridized carbons (Fsp3) is 0.333. The average Bonchev–Trinajstić information content (AvgIpc) is 3.40. The lowest BCUT2D eigenvalue weighted by molar-refractivity contribution is -0.116. The first-order chi connectivity index (χ1) is 11.2. The number of hydrogen-bond acceptors (Lipinski definition) is 3. The molecule has 1 saturated carbocycles. The maximum absolute atomic E-state index is 12.4. The van der Waals surface area contributed by atoms with E-state index < -0.39 is 0 Å². The van der Waals surface area contributed by atoms with Gasteiger partial charge >= 0.3 is 0 Å². The van der Waals surface area contributed by atoms with E-state index in [9.17, 15) is 4.79 Å². The minimum Gasteiger partial charge on any atom is -0.497 e. The molecule has 1 heterocycles. The SMILES string of the molecule is COc1ccc(C(CC(=O)Nc2ccc(Br)nc2)C2CC2)cc1. The molecule has 0 spiro atoms. The first kappa shape index (κ1) is 16.0. The Balaban J connectivity index is 1.66. The van der Waals surface area contributed by atoms with Crippen molar-refractivity contribution in [2.75, 3.05) is 12.4 Å². The Bertz CT molecular complexity index is 666. The number of nitrogens with one attached hydrogen (secondary N) is 1. The average molecular weight is 375 g/mol. The molecule has 5 heteroatoms. The number of anilines is 1. The van der Waals surface area contributed by atoms with Gasteiger partial charge in [0.15, 0.2) is 0 Å². The number of methoxy groups -OCH3 is 1. The van der Waals surface area contributed by atoms with Gasteiger partial charge in [0.2, 0.25) is 5.91 Å². The second-order valence-corrected chi connectivity index (χ2v) is 6.65. The monoisotopic (exact) mass is 374 g/mol. The summed E-state index contributed by atoms with van der Waals surface area (Å²) in [5, 5.41) is 2.93. The van der Waals surface area contributed by atoms with Crippen LogP contribution in [0.25, 0.3) is 0 Å². The zero-order valence-electron chi connectivity index (χ0n) is 13.0. The Morgan fingerprint density at radius 3 is 2.61 bits per heavy atom. The van der Waals surface area contributed by atoms with E-state index in [0.717, 1.165) is 16.0 Å². The Morgan fingerprint density at radius 1 is 1.30 bits per heavy atom. The Morgan fingerprint density at radius 2 is 2.04 bits per heavy atom. The van der Waals surface area contributed by atoms with Crippen LogP contribution < -0.4 is 10.1 Å². The van der Waals surface area contributed by atoms with Crippen molar-refractivity contribution in [3.05, 3.63) is 52.8 Å². The largest absolute Gasteiger partial charge is 0.497 e. The van der Waals surface area contributed by atoms with Gasteiger partial charge in [-0.15, -0.1) is 0 Å². The molecule has 1 unspecified atom stereocenters. The van der Waals surface area contributed by atoms with Crippen LogP contribution in [0.4, 0.5) is 5.69 Å². The lowest BCUT2D eigenvalue weighted by atomic mass is 9.90.